The van der Waals surface area contributed by atoms with Gasteiger partial charge in [-0.2, -0.15) is 15.3 Å². The Labute approximate surface area is 121 Å². The molecule has 20 heavy (non-hydrogen) atoms. The second-order valence-electron chi connectivity index (χ2n) is 3.89. The Hall–Kier alpha value is -2.63. The third-order valence-corrected chi connectivity index (χ3v) is 2.65. The quantitative estimate of drug-likeness (QED) is 0.423. The first-order chi connectivity index (χ1) is 9.49. The molecule has 6 heteroatoms. The maximum absolute atomic E-state index is 10.8. The Bertz CT molecular complexity index is 681. The molecule has 0 spiro atoms. The van der Waals surface area contributed by atoms with Crippen LogP contribution in [0.2, 0.25) is 5.15 Å². The molecule has 0 radical (unpaired) electrons. The maximum Gasteiger partial charge on any atom is 0.297 e. The number of nitrogens with zero attached hydrogens (tertiary/aromatic N) is 4. The van der Waals surface area contributed by atoms with Gasteiger partial charge in [-0.1, -0.05) is 17.7 Å². The standard InChI is InChI=1S/C7H5ClN2.C7H6N2O/c1-5-2-3-7(8)10-6(5)4-9;1-6-3-2-4-9(10)7(6)5-8/h2-3H,1H3;2-4H,1H3. The molecule has 100 valence electrons. The number of rotatable bonds is 0. The van der Waals surface area contributed by atoms with Gasteiger partial charge in [0.2, 0.25) is 0 Å². The second-order valence-corrected chi connectivity index (χ2v) is 4.28. The Morgan fingerprint density at radius 2 is 1.85 bits per heavy atom. The van der Waals surface area contributed by atoms with Gasteiger partial charge in [-0.25, -0.2) is 4.98 Å². The number of aryl methyl sites for hydroxylation is 2. The van der Waals surface area contributed by atoms with Crippen molar-refractivity contribution in [1.29, 1.82) is 10.5 Å². The number of hydrogen-bond acceptors (Lipinski definition) is 4. The zero-order valence-electron chi connectivity index (χ0n) is 11.0. The highest BCUT2D eigenvalue weighted by molar-refractivity contribution is 6.29. The molecule has 0 aromatic carbocycles. The maximum atomic E-state index is 10.8. The third kappa shape index (κ3) is 3.94. The third-order valence-electron chi connectivity index (χ3n) is 2.44. The predicted molar refractivity (Wildman–Crippen MR) is 73.6 cm³/mol. The Balaban J connectivity index is 0.000000200. The highest BCUT2D eigenvalue weighted by Gasteiger charge is 2.04. The van der Waals surface area contributed by atoms with Crippen molar-refractivity contribution in [1.82, 2.24) is 4.98 Å². The van der Waals surface area contributed by atoms with Crippen molar-refractivity contribution in [3.05, 3.63) is 63.3 Å². The van der Waals surface area contributed by atoms with Crippen molar-refractivity contribution in [3.63, 3.8) is 0 Å². The van der Waals surface area contributed by atoms with Gasteiger partial charge < -0.3 is 5.21 Å². The van der Waals surface area contributed by atoms with Crippen molar-refractivity contribution < 1.29 is 4.73 Å². The fourth-order valence-electron chi connectivity index (χ4n) is 1.35. The molecular formula is C14H11ClN4O. The fraction of sp³-hybridized carbons (Fsp3) is 0.143. The molecule has 0 saturated heterocycles. The second kappa shape index (κ2) is 7.08. The van der Waals surface area contributed by atoms with Crippen LogP contribution in [0.25, 0.3) is 0 Å². The van der Waals surface area contributed by atoms with Gasteiger partial charge in [0.05, 0.1) is 0 Å². The van der Waals surface area contributed by atoms with Gasteiger partial charge in [0, 0.05) is 11.6 Å². The minimum atomic E-state index is 0.169. The van der Waals surface area contributed by atoms with E-state index in [-0.39, 0.29) is 5.69 Å². The molecule has 2 rings (SSSR count). The average Bonchev–Trinajstić information content (AvgIpc) is 2.42. The van der Waals surface area contributed by atoms with E-state index < -0.39 is 0 Å². The van der Waals surface area contributed by atoms with Crippen LogP contribution in [0.4, 0.5) is 0 Å². The van der Waals surface area contributed by atoms with Crippen molar-refractivity contribution >= 4 is 11.6 Å². The van der Waals surface area contributed by atoms with Crippen LogP contribution in [-0.4, -0.2) is 4.98 Å². The van der Waals surface area contributed by atoms with Crippen molar-refractivity contribution in [2.24, 2.45) is 0 Å². The van der Waals surface area contributed by atoms with Crippen molar-refractivity contribution in [2.75, 3.05) is 0 Å². The molecule has 5 nitrogen and oxygen atoms in total. The number of pyridine rings is 2. The molecule has 0 unspecified atom stereocenters. The number of aromatic nitrogens is 2. The van der Waals surface area contributed by atoms with Crippen LogP contribution in [0, 0.1) is 41.7 Å². The highest BCUT2D eigenvalue weighted by atomic mass is 35.5. The largest absolute Gasteiger partial charge is 0.618 e. The first kappa shape index (κ1) is 15.4. The molecule has 2 aromatic rings. The van der Waals surface area contributed by atoms with Gasteiger partial charge in [-0.15, -0.1) is 0 Å². The topological polar surface area (TPSA) is 87.4 Å². The number of hydrogen-bond donors (Lipinski definition) is 0. The monoisotopic (exact) mass is 286 g/mol. The van der Waals surface area contributed by atoms with Gasteiger partial charge in [-0.3, -0.25) is 0 Å². The molecule has 0 atom stereocenters. The van der Waals surface area contributed by atoms with E-state index in [1.165, 1.54) is 6.20 Å². The summed E-state index contributed by atoms with van der Waals surface area (Å²) in [7, 11) is 0. The molecule has 0 saturated carbocycles. The van der Waals surface area contributed by atoms with Gasteiger partial charge in [0.15, 0.2) is 12.3 Å². The van der Waals surface area contributed by atoms with Crippen molar-refractivity contribution in [2.45, 2.75) is 13.8 Å². The van der Waals surface area contributed by atoms with E-state index in [9.17, 15) is 5.21 Å². The average molecular weight is 287 g/mol. The molecule has 0 aliphatic rings. The zero-order valence-corrected chi connectivity index (χ0v) is 11.7. The molecule has 2 heterocycles. The minimum Gasteiger partial charge on any atom is -0.618 e. The van der Waals surface area contributed by atoms with E-state index in [2.05, 4.69) is 4.98 Å². The summed E-state index contributed by atoms with van der Waals surface area (Å²) in [5, 5.41) is 28.0. The van der Waals surface area contributed by atoms with E-state index >= 15 is 0 Å². The lowest BCUT2D eigenvalue weighted by Gasteiger charge is -1.97. The summed E-state index contributed by atoms with van der Waals surface area (Å²) in [5.74, 6) is 0. The predicted octanol–water partition coefficient (Wildman–Crippen LogP) is 2.42. The van der Waals surface area contributed by atoms with E-state index in [0.717, 1.165) is 5.56 Å². The molecule has 0 fully saturated rings. The van der Waals surface area contributed by atoms with E-state index in [1.54, 1.807) is 31.2 Å². The lowest BCUT2D eigenvalue weighted by atomic mass is 10.2. The summed E-state index contributed by atoms with van der Waals surface area (Å²) in [4.78, 5) is 3.80. The summed E-state index contributed by atoms with van der Waals surface area (Å²) in [6.07, 6.45) is 1.31. The molecule has 0 bridgehead atoms. The van der Waals surface area contributed by atoms with E-state index in [0.29, 0.717) is 21.1 Å². The van der Waals surface area contributed by atoms with Crippen LogP contribution in [0.15, 0.2) is 30.5 Å². The van der Waals surface area contributed by atoms with Crippen LogP contribution in [-0.2, 0) is 0 Å². The Morgan fingerprint density at radius 1 is 1.15 bits per heavy atom. The van der Waals surface area contributed by atoms with Gasteiger partial charge in [-0.05, 0) is 31.5 Å². The van der Waals surface area contributed by atoms with Crippen molar-refractivity contribution in [3.8, 4) is 12.1 Å². The summed E-state index contributed by atoms with van der Waals surface area (Å²) >= 11 is 5.53. The number of nitriles is 2. The highest BCUT2D eigenvalue weighted by Crippen LogP contribution is 2.08. The van der Waals surface area contributed by atoms with Gasteiger partial charge >= 0.3 is 0 Å². The van der Waals surface area contributed by atoms with Crippen LogP contribution >= 0.6 is 11.6 Å². The summed E-state index contributed by atoms with van der Waals surface area (Å²) < 4.78 is 0.565. The van der Waals surface area contributed by atoms with Crippen LogP contribution in [0.3, 0.4) is 0 Å². The number of halogens is 1. The zero-order chi connectivity index (χ0) is 15.1. The molecule has 0 amide bonds. The van der Waals surface area contributed by atoms with Crippen LogP contribution < -0.4 is 4.73 Å². The molecule has 0 N–H and O–H groups in total. The lowest BCUT2D eigenvalue weighted by molar-refractivity contribution is -0.608. The lowest BCUT2D eigenvalue weighted by Crippen LogP contribution is -2.30. The van der Waals surface area contributed by atoms with Crippen LogP contribution in [0.1, 0.15) is 22.5 Å². The summed E-state index contributed by atoms with van der Waals surface area (Å²) in [6.45, 7) is 3.55. The molecule has 2 aromatic heterocycles. The molecule has 0 aliphatic carbocycles. The van der Waals surface area contributed by atoms with E-state index in [1.807, 2.05) is 19.1 Å². The molecule has 0 aliphatic heterocycles. The smallest absolute Gasteiger partial charge is 0.297 e. The Morgan fingerprint density at radius 3 is 2.30 bits per heavy atom. The minimum absolute atomic E-state index is 0.169. The fourth-order valence-corrected chi connectivity index (χ4v) is 1.50. The van der Waals surface area contributed by atoms with Crippen LogP contribution in [0.5, 0.6) is 0 Å². The Kier molecular flexibility index (Phi) is 5.46. The summed E-state index contributed by atoms with van der Waals surface area (Å²) in [5.41, 5.74) is 2.13. The SMILES string of the molecule is Cc1ccc(Cl)nc1C#N.Cc1ccc[n+]([O-])c1C#N. The first-order valence-electron chi connectivity index (χ1n) is 5.61. The summed E-state index contributed by atoms with van der Waals surface area (Å²) in [6, 6.07) is 10.5. The normalized spacial score (nSPS) is 8.85. The first-order valence-corrected chi connectivity index (χ1v) is 5.99. The molecular weight excluding hydrogens is 276 g/mol. The van der Waals surface area contributed by atoms with E-state index in [4.69, 9.17) is 22.1 Å². The van der Waals surface area contributed by atoms with Gasteiger partial charge in [0.25, 0.3) is 5.69 Å². The van der Waals surface area contributed by atoms with Gasteiger partial charge in [0.1, 0.15) is 16.9 Å².